The predicted molar refractivity (Wildman–Crippen MR) is 50.4 cm³/mol. The van der Waals surface area contributed by atoms with E-state index in [9.17, 15) is 13.6 Å². The Morgan fingerprint density at radius 3 is 2.20 bits per heavy atom. The zero-order valence-electron chi connectivity index (χ0n) is 8.34. The van der Waals surface area contributed by atoms with Crippen LogP contribution in [0.25, 0.3) is 0 Å². The zero-order valence-corrected chi connectivity index (χ0v) is 8.34. The van der Waals surface area contributed by atoms with Crippen LogP contribution >= 0.6 is 0 Å². The minimum atomic E-state index is -1.77. The van der Waals surface area contributed by atoms with E-state index < -0.39 is 28.7 Å². The molecule has 0 amide bonds. The van der Waals surface area contributed by atoms with Gasteiger partial charge < -0.3 is 10.4 Å². The zero-order chi connectivity index (χ0) is 11.6. The molecule has 0 bridgehead atoms. The van der Waals surface area contributed by atoms with Crippen LogP contribution in [0, 0.1) is 11.6 Å². The molecule has 0 saturated carbocycles. The Hall–Kier alpha value is -1.49. The molecule has 1 atom stereocenters. The monoisotopic (exact) mass is 215 g/mol. The second-order valence-corrected chi connectivity index (χ2v) is 3.28. The number of hydrogen-bond donors (Lipinski definition) is 2. The summed E-state index contributed by atoms with van der Waals surface area (Å²) >= 11 is 0. The second kappa shape index (κ2) is 3.94. The van der Waals surface area contributed by atoms with E-state index in [-0.39, 0.29) is 0 Å². The van der Waals surface area contributed by atoms with E-state index in [1.165, 1.54) is 20.0 Å². The molecule has 3 nitrogen and oxygen atoms in total. The van der Waals surface area contributed by atoms with Crippen LogP contribution in [0.2, 0.25) is 0 Å². The summed E-state index contributed by atoms with van der Waals surface area (Å²) in [4.78, 5) is 11.0. The van der Waals surface area contributed by atoms with Gasteiger partial charge in [-0.3, -0.25) is 0 Å². The maximum absolute atomic E-state index is 13.3. The highest BCUT2D eigenvalue weighted by molar-refractivity contribution is 5.80. The fourth-order valence-corrected chi connectivity index (χ4v) is 1.31. The lowest BCUT2D eigenvalue weighted by molar-refractivity contribution is -0.144. The lowest BCUT2D eigenvalue weighted by Gasteiger charge is -2.25. The first-order valence-electron chi connectivity index (χ1n) is 4.30. The molecule has 0 aliphatic heterocycles. The van der Waals surface area contributed by atoms with Crippen molar-refractivity contribution in [3.05, 3.63) is 35.4 Å². The Bertz CT molecular complexity index is 375. The van der Waals surface area contributed by atoms with Crippen LogP contribution in [0.5, 0.6) is 0 Å². The Balaban J connectivity index is 3.42. The van der Waals surface area contributed by atoms with Gasteiger partial charge in [-0.15, -0.1) is 0 Å². The summed E-state index contributed by atoms with van der Waals surface area (Å²) in [7, 11) is 1.33. The summed E-state index contributed by atoms with van der Waals surface area (Å²) in [5.74, 6) is -3.10. The van der Waals surface area contributed by atoms with Crippen molar-refractivity contribution < 1.29 is 18.7 Å². The topological polar surface area (TPSA) is 49.3 Å². The van der Waals surface area contributed by atoms with Gasteiger partial charge in [-0.25, -0.2) is 13.6 Å². The van der Waals surface area contributed by atoms with Gasteiger partial charge in [0.15, 0.2) is 0 Å². The van der Waals surface area contributed by atoms with Crippen molar-refractivity contribution in [3.8, 4) is 0 Å². The van der Waals surface area contributed by atoms with E-state index in [0.717, 1.165) is 12.1 Å². The lowest BCUT2D eigenvalue weighted by atomic mass is 9.91. The highest BCUT2D eigenvalue weighted by Crippen LogP contribution is 2.26. The molecule has 0 spiro atoms. The minimum absolute atomic E-state index is 0.486. The normalized spacial score (nSPS) is 14.7. The summed E-state index contributed by atoms with van der Waals surface area (Å²) in [6.45, 7) is 1.21. The van der Waals surface area contributed by atoms with Gasteiger partial charge in [0.2, 0.25) is 0 Å². The quantitative estimate of drug-likeness (QED) is 0.803. The molecule has 0 aromatic heterocycles. The number of hydrogen-bond acceptors (Lipinski definition) is 2. The van der Waals surface area contributed by atoms with Gasteiger partial charge in [-0.1, -0.05) is 6.07 Å². The van der Waals surface area contributed by atoms with Crippen LogP contribution in [-0.4, -0.2) is 18.1 Å². The summed E-state index contributed by atoms with van der Waals surface area (Å²) in [5, 5.41) is 11.3. The van der Waals surface area contributed by atoms with E-state index in [1.807, 2.05) is 0 Å². The largest absolute Gasteiger partial charge is 0.480 e. The standard InChI is InChI=1S/C10H11F2NO2/c1-10(13-2,9(14)15)8-6(11)4-3-5-7(8)12/h3-5,13H,1-2H3,(H,14,15)/t10-/m1/s1. The van der Waals surface area contributed by atoms with Crippen molar-refractivity contribution in [3.63, 3.8) is 0 Å². The highest BCUT2D eigenvalue weighted by Gasteiger charge is 2.38. The Morgan fingerprint density at radius 2 is 1.87 bits per heavy atom. The number of rotatable bonds is 3. The molecule has 0 radical (unpaired) electrons. The minimum Gasteiger partial charge on any atom is -0.480 e. The highest BCUT2D eigenvalue weighted by atomic mass is 19.1. The van der Waals surface area contributed by atoms with Crippen LogP contribution in [0.15, 0.2) is 18.2 Å². The third-order valence-corrected chi connectivity index (χ3v) is 2.39. The third-order valence-electron chi connectivity index (χ3n) is 2.39. The van der Waals surface area contributed by atoms with E-state index in [1.54, 1.807) is 0 Å². The molecule has 0 unspecified atom stereocenters. The van der Waals surface area contributed by atoms with Gasteiger partial charge in [0.05, 0.1) is 5.56 Å². The van der Waals surface area contributed by atoms with Crippen molar-refractivity contribution in [1.82, 2.24) is 5.32 Å². The summed E-state index contributed by atoms with van der Waals surface area (Å²) in [6, 6.07) is 3.24. The van der Waals surface area contributed by atoms with Crippen LogP contribution in [-0.2, 0) is 10.3 Å². The molecule has 2 N–H and O–H groups in total. The summed E-state index contributed by atoms with van der Waals surface area (Å²) < 4.78 is 26.7. The number of carboxylic acid groups (broad SMARTS) is 1. The maximum atomic E-state index is 13.3. The molecule has 0 aliphatic carbocycles. The van der Waals surface area contributed by atoms with Crippen LogP contribution < -0.4 is 5.32 Å². The van der Waals surface area contributed by atoms with Crippen molar-refractivity contribution in [2.75, 3.05) is 7.05 Å². The number of benzene rings is 1. The molecule has 1 aromatic rings. The van der Waals surface area contributed by atoms with Crippen molar-refractivity contribution in [2.24, 2.45) is 0 Å². The summed E-state index contributed by atoms with van der Waals surface area (Å²) in [6.07, 6.45) is 0. The fourth-order valence-electron chi connectivity index (χ4n) is 1.31. The molecule has 0 aliphatic rings. The van der Waals surface area contributed by atoms with Gasteiger partial charge in [-0.2, -0.15) is 0 Å². The SMILES string of the molecule is CN[C@@](C)(C(=O)O)c1c(F)cccc1F. The van der Waals surface area contributed by atoms with Crippen LogP contribution in [0.3, 0.4) is 0 Å². The van der Waals surface area contributed by atoms with Gasteiger partial charge in [0.25, 0.3) is 0 Å². The smallest absolute Gasteiger partial charge is 0.328 e. The number of nitrogens with one attached hydrogen (secondary N) is 1. The van der Waals surface area contributed by atoms with Gasteiger partial charge in [0, 0.05) is 0 Å². The number of carbonyl (C=O) groups is 1. The first-order chi connectivity index (χ1) is 6.93. The molecule has 1 aromatic carbocycles. The van der Waals surface area contributed by atoms with Crippen molar-refractivity contribution in [1.29, 1.82) is 0 Å². The van der Waals surface area contributed by atoms with Gasteiger partial charge in [-0.05, 0) is 26.1 Å². The lowest BCUT2D eigenvalue weighted by Crippen LogP contribution is -2.46. The average molecular weight is 215 g/mol. The Morgan fingerprint density at radius 1 is 1.40 bits per heavy atom. The van der Waals surface area contributed by atoms with Crippen LogP contribution in [0.1, 0.15) is 12.5 Å². The van der Waals surface area contributed by atoms with E-state index in [2.05, 4.69) is 5.32 Å². The molecule has 5 heteroatoms. The van der Waals surface area contributed by atoms with E-state index >= 15 is 0 Å². The third kappa shape index (κ3) is 1.83. The molecular formula is C10H11F2NO2. The van der Waals surface area contributed by atoms with Gasteiger partial charge >= 0.3 is 5.97 Å². The first-order valence-corrected chi connectivity index (χ1v) is 4.30. The van der Waals surface area contributed by atoms with E-state index in [0.29, 0.717) is 0 Å². The molecule has 1 rings (SSSR count). The van der Waals surface area contributed by atoms with Crippen molar-refractivity contribution in [2.45, 2.75) is 12.5 Å². The average Bonchev–Trinajstić information content (AvgIpc) is 2.16. The van der Waals surface area contributed by atoms with Crippen molar-refractivity contribution >= 4 is 5.97 Å². The molecular weight excluding hydrogens is 204 g/mol. The first kappa shape index (κ1) is 11.6. The van der Waals surface area contributed by atoms with E-state index in [4.69, 9.17) is 5.11 Å². The number of aliphatic carboxylic acids is 1. The Labute approximate surface area is 85.7 Å². The molecule has 15 heavy (non-hydrogen) atoms. The maximum Gasteiger partial charge on any atom is 0.328 e. The van der Waals surface area contributed by atoms with Crippen LogP contribution in [0.4, 0.5) is 8.78 Å². The molecule has 82 valence electrons. The van der Waals surface area contributed by atoms with Gasteiger partial charge in [0.1, 0.15) is 17.2 Å². The molecule has 0 fully saturated rings. The summed E-state index contributed by atoms with van der Waals surface area (Å²) in [5.41, 5.74) is -2.25. The second-order valence-electron chi connectivity index (χ2n) is 3.28. The number of halogens is 2. The number of carboxylic acids is 1. The Kier molecular flexibility index (Phi) is 3.04. The fraction of sp³-hybridized carbons (Fsp3) is 0.300. The number of likely N-dealkylation sites (N-methyl/N-ethyl adjacent to an activating group) is 1. The predicted octanol–water partition coefficient (Wildman–Crippen LogP) is 1.48. The molecule has 0 saturated heterocycles. The molecule has 0 heterocycles.